The van der Waals surface area contributed by atoms with Crippen LogP contribution in [0.15, 0.2) is 54.6 Å². The van der Waals surface area contributed by atoms with Crippen molar-refractivity contribution in [1.29, 1.82) is 0 Å². The number of ketones is 1. The molecule has 0 fully saturated rings. The number of nitro groups is 1. The fourth-order valence-corrected chi connectivity index (χ4v) is 3.39. The summed E-state index contributed by atoms with van der Waals surface area (Å²) < 4.78 is 11.0. The van der Waals surface area contributed by atoms with Crippen LogP contribution in [0.5, 0.6) is 11.5 Å². The van der Waals surface area contributed by atoms with Crippen molar-refractivity contribution in [3.05, 3.63) is 84.5 Å². The van der Waals surface area contributed by atoms with Crippen molar-refractivity contribution in [2.45, 2.75) is 0 Å². The van der Waals surface area contributed by atoms with Crippen molar-refractivity contribution < 1.29 is 24.0 Å². The fraction of sp³-hybridized carbons (Fsp3) is 0.0526. The number of benzene rings is 2. The van der Waals surface area contributed by atoms with E-state index in [1.807, 2.05) is 0 Å². The summed E-state index contributed by atoms with van der Waals surface area (Å²) in [6, 6.07) is 12.9. The van der Waals surface area contributed by atoms with Gasteiger partial charge < -0.3 is 9.47 Å². The summed E-state index contributed by atoms with van der Waals surface area (Å²) in [6.07, 6.45) is 0. The highest BCUT2D eigenvalue weighted by Crippen LogP contribution is 2.33. The minimum absolute atomic E-state index is 0.00920. The maximum absolute atomic E-state index is 12.1. The minimum Gasteiger partial charge on any atom is -0.454 e. The van der Waals surface area contributed by atoms with Gasteiger partial charge in [0.15, 0.2) is 6.61 Å². The van der Waals surface area contributed by atoms with Crippen LogP contribution in [0.2, 0.25) is 9.36 Å². The van der Waals surface area contributed by atoms with Gasteiger partial charge in [-0.1, -0.05) is 23.2 Å². The summed E-state index contributed by atoms with van der Waals surface area (Å²) in [5, 5.41) is 11.3. The SMILES string of the molecule is O=C(OCC(=O)c1ccc(Cl)s1)c1ccc(Oc2ccc(Cl)cc2[N+](=O)[O-])cc1. The lowest BCUT2D eigenvalue weighted by molar-refractivity contribution is -0.385. The molecule has 29 heavy (non-hydrogen) atoms. The van der Waals surface area contributed by atoms with Crippen LogP contribution >= 0.6 is 34.5 Å². The average Bonchev–Trinajstić information content (AvgIpc) is 3.14. The van der Waals surface area contributed by atoms with Gasteiger partial charge in [0.25, 0.3) is 0 Å². The molecule has 0 saturated heterocycles. The topological polar surface area (TPSA) is 95.7 Å². The Bertz CT molecular complexity index is 1080. The highest BCUT2D eigenvalue weighted by molar-refractivity contribution is 7.18. The van der Waals surface area contributed by atoms with Gasteiger partial charge in [-0.2, -0.15) is 0 Å². The van der Waals surface area contributed by atoms with Gasteiger partial charge in [-0.15, -0.1) is 11.3 Å². The smallest absolute Gasteiger partial charge is 0.338 e. The fourth-order valence-electron chi connectivity index (χ4n) is 2.26. The number of halogens is 2. The number of carbonyl (C=O) groups excluding carboxylic acids is 2. The molecule has 0 unspecified atom stereocenters. The van der Waals surface area contributed by atoms with Crippen molar-refractivity contribution in [2.24, 2.45) is 0 Å². The molecule has 0 bridgehead atoms. The van der Waals surface area contributed by atoms with Crippen LogP contribution in [0.3, 0.4) is 0 Å². The Kier molecular flexibility index (Phi) is 6.48. The molecule has 2 aromatic carbocycles. The van der Waals surface area contributed by atoms with Crippen LogP contribution in [0.4, 0.5) is 5.69 Å². The van der Waals surface area contributed by atoms with E-state index in [1.54, 1.807) is 12.1 Å². The van der Waals surface area contributed by atoms with E-state index in [0.717, 1.165) is 11.3 Å². The molecule has 0 radical (unpaired) electrons. The molecule has 10 heteroatoms. The predicted molar refractivity (Wildman–Crippen MR) is 109 cm³/mol. The Morgan fingerprint density at radius 2 is 1.76 bits per heavy atom. The summed E-state index contributed by atoms with van der Waals surface area (Å²) in [5.41, 5.74) is -0.0897. The zero-order valence-electron chi connectivity index (χ0n) is 14.5. The first-order valence-corrected chi connectivity index (χ1v) is 9.58. The molecule has 0 saturated carbocycles. The van der Waals surface area contributed by atoms with Gasteiger partial charge in [-0.3, -0.25) is 14.9 Å². The number of nitrogens with zero attached hydrogens (tertiary/aromatic N) is 1. The summed E-state index contributed by atoms with van der Waals surface area (Å²) in [7, 11) is 0. The third kappa shape index (κ3) is 5.32. The largest absolute Gasteiger partial charge is 0.454 e. The van der Waals surface area contributed by atoms with E-state index < -0.39 is 17.5 Å². The number of thiophene rings is 1. The van der Waals surface area contributed by atoms with Gasteiger partial charge >= 0.3 is 11.7 Å². The van der Waals surface area contributed by atoms with Crippen LogP contribution in [-0.4, -0.2) is 23.3 Å². The van der Waals surface area contributed by atoms with Crippen molar-refractivity contribution in [3.63, 3.8) is 0 Å². The summed E-state index contributed by atoms with van der Waals surface area (Å²) in [4.78, 5) is 34.9. The zero-order valence-corrected chi connectivity index (χ0v) is 16.8. The Balaban J connectivity index is 1.63. The lowest BCUT2D eigenvalue weighted by Gasteiger charge is -2.08. The molecule has 0 aliphatic heterocycles. The Hall–Kier alpha value is -2.94. The second-order valence-corrected chi connectivity index (χ2v) is 7.75. The van der Waals surface area contributed by atoms with Crippen molar-refractivity contribution in [2.75, 3.05) is 6.61 Å². The number of Topliss-reactive ketones (excluding diaryl/α,β-unsaturated/α-hetero) is 1. The van der Waals surface area contributed by atoms with Crippen LogP contribution < -0.4 is 4.74 Å². The third-order valence-corrected chi connectivity index (χ3v) is 5.13. The number of esters is 1. The molecular weight excluding hydrogens is 441 g/mol. The first kappa shape index (κ1) is 20.8. The summed E-state index contributed by atoms with van der Waals surface area (Å²) in [6.45, 7) is -0.412. The van der Waals surface area contributed by atoms with E-state index in [0.29, 0.717) is 9.21 Å². The lowest BCUT2D eigenvalue weighted by Crippen LogP contribution is -2.13. The molecule has 148 valence electrons. The number of ether oxygens (including phenoxy) is 2. The van der Waals surface area contributed by atoms with E-state index in [1.165, 1.54) is 42.5 Å². The van der Waals surface area contributed by atoms with Gasteiger partial charge in [0.2, 0.25) is 11.5 Å². The van der Waals surface area contributed by atoms with Gasteiger partial charge in [-0.05, 0) is 48.5 Å². The quantitative estimate of drug-likeness (QED) is 0.195. The second kappa shape index (κ2) is 9.04. The average molecular weight is 452 g/mol. The Morgan fingerprint density at radius 1 is 1.03 bits per heavy atom. The number of hydrogen-bond donors (Lipinski definition) is 0. The molecule has 0 amide bonds. The van der Waals surface area contributed by atoms with E-state index in [2.05, 4.69) is 0 Å². The van der Waals surface area contributed by atoms with E-state index in [4.69, 9.17) is 32.7 Å². The summed E-state index contributed by atoms with van der Waals surface area (Å²) >= 11 is 12.6. The molecular formula is C19H11Cl2NO6S. The van der Waals surface area contributed by atoms with E-state index in [9.17, 15) is 19.7 Å². The monoisotopic (exact) mass is 451 g/mol. The first-order valence-electron chi connectivity index (χ1n) is 8.01. The Morgan fingerprint density at radius 3 is 2.38 bits per heavy atom. The normalized spacial score (nSPS) is 10.4. The number of nitro benzene ring substituents is 1. The van der Waals surface area contributed by atoms with Gasteiger partial charge in [0, 0.05) is 11.1 Å². The molecule has 1 heterocycles. The zero-order chi connectivity index (χ0) is 21.0. The molecule has 1 aromatic heterocycles. The van der Waals surface area contributed by atoms with E-state index >= 15 is 0 Å². The third-order valence-electron chi connectivity index (χ3n) is 3.62. The molecule has 0 N–H and O–H groups in total. The molecule has 3 aromatic rings. The van der Waals surface area contributed by atoms with Gasteiger partial charge in [0.1, 0.15) is 5.75 Å². The standard InChI is InChI=1S/C19H11Cl2NO6S/c20-12-3-6-16(14(9-12)22(25)26)28-13-4-1-11(2-5-13)19(24)27-10-15(23)17-7-8-18(21)29-17/h1-9H,10H2. The van der Waals surface area contributed by atoms with Crippen LogP contribution in [0.25, 0.3) is 0 Å². The number of carbonyl (C=O) groups is 2. The molecule has 0 atom stereocenters. The molecule has 0 spiro atoms. The van der Waals surface area contributed by atoms with Gasteiger partial charge in [-0.25, -0.2) is 4.79 Å². The number of rotatable bonds is 7. The molecule has 7 nitrogen and oxygen atoms in total. The van der Waals surface area contributed by atoms with Crippen LogP contribution in [0, 0.1) is 10.1 Å². The van der Waals surface area contributed by atoms with Gasteiger partial charge in [0.05, 0.1) is 19.7 Å². The van der Waals surface area contributed by atoms with E-state index in [-0.39, 0.29) is 33.6 Å². The predicted octanol–water partition coefficient (Wildman–Crippen LogP) is 5.80. The van der Waals surface area contributed by atoms with Crippen LogP contribution in [0.1, 0.15) is 20.0 Å². The lowest BCUT2D eigenvalue weighted by atomic mass is 10.2. The molecule has 0 aliphatic rings. The van der Waals surface area contributed by atoms with Crippen LogP contribution in [-0.2, 0) is 4.74 Å². The molecule has 0 aliphatic carbocycles. The maximum atomic E-state index is 12.1. The highest BCUT2D eigenvalue weighted by atomic mass is 35.5. The molecule has 3 rings (SSSR count). The highest BCUT2D eigenvalue weighted by Gasteiger charge is 2.17. The van der Waals surface area contributed by atoms with Crippen molar-refractivity contribution >= 4 is 52.0 Å². The van der Waals surface area contributed by atoms with Crippen molar-refractivity contribution in [1.82, 2.24) is 0 Å². The maximum Gasteiger partial charge on any atom is 0.338 e. The second-order valence-electron chi connectivity index (χ2n) is 5.60. The van der Waals surface area contributed by atoms with Crippen molar-refractivity contribution in [3.8, 4) is 11.5 Å². The summed E-state index contributed by atoms with van der Waals surface area (Å²) in [5.74, 6) is -0.763. The number of hydrogen-bond acceptors (Lipinski definition) is 7. The first-order chi connectivity index (χ1) is 13.8. The Labute approximate surface area is 178 Å². The minimum atomic E-state index is -0.690.